The number of hydrogen-bond acceptors (Lipinski definition) is 6. The summed E-state index contributed by atoms with van der Waals surface area (Å²) in [4.78, 5) is 4.80. The van der Waals surface area contributed by atoms with Crippen LogP contribution in [0.2, 0.25) is 0 Å². The smallest absolute Gasteiger partial charge is 0.191 e. The Balaban J connectivity index is 1.44. The summed E-state index contributed by atoms with van der Waals surface area (Å²) in [5.41, 5.74) is 4.58. The Morgan fingerprint density at radius 1 is 1.06 bits per heavy atom. The predicted octanol–water partition coefficient (Wildman–Crippen LogP) is 6.47. The van der Waals surface area contributed by atoms with E-state index in [2.05, 4.69) is 58.3 Å². The van der Waals surface area contributed by atoms with Gasteiger partial charge in [-0.1, -0.05) is 59.8 Å². The molecule has 2 heterocycles. The molecule has 0 saturated heterocycles. The lowest BCUT2D eigenvalue weighted by molar-refractivity contribution is 0.208. The molecule has 160 valence electrons. The van der Waals surface area contributed by atoms with Gasteiger partial charge in [-0.25, -0.2) is 4.98 Å². The maximum atomic E-state index is 6.17. The minimum atomic E-state index is -0.185. The molecule has 0 radical (unpaired) electrons. The molecule has 0 bridgehead atoms. The van der Waals surface area contributed by atoms with Gasteiger partial charge in [0.15, 0.2) is 17.1 Å². The molecule has 0 saturated carbocycles. The minimum Gasteiger partial charge on any atom is -0.482 e. The van der Waals surface area contributed by atoms with E-state index in [9.17, 15) is 0 Å². The summed E-state index contributed by atoms with van der Waals surface area (Å²) >= 11 is 3.34. The van der Waals surface area contributed by atoms with Crippen molar-refractivity contribution >= 4 is 23.1 Å². The van der Waals surface area contributed by atoms with Gasteiger partial charge in [0.05, 0.1) is 5.69 Å². The lowest BCUT2D eigenvalue weighted by Gasteiger charge is -2.16. The van der Waals surface area contributed by atoms with Gasteiger partial charge in [-0.2, -0.15) is 0 Å². The predicted molar refractivity (Wildman–Crippen MR) is 128 cm³/mol. The molecule has 0 spiro atoms. The summed E-state index contributed by atoms with van der Waals surface area (Å²) in [6.45, 7) is 9.06. The fraction of sp³-hybridized carbons (Fsp3) is 0.292. The third-order valence-electron chi connectivity index (χ3n) is 5.02. The van der Waals surface area contributed by atoms with Crippen molar-refractivity contribution in [3.8, 4) is 16.3 Å². The molecular formula is C24H26N4OS2. The zero-order chi connectivity index (χ0) is 21.8. The second-order valence-corrected chi connectivity index (χ2v) is 9.21. The number of para-hydroxylation sites is 1. The molecule has 1 unspecified atom stereocenters. The molecule has 0 aliphatic carbocycles. The summed E-state index contributed by atoms with van der Waals surface area (Å²) < 4.78 is 8.29. The molecule has 5 nitrogen and oxygen atoms in total. The minimum absolute atomic E-state index is 0.185. The van der Waals surface area contributed by atoms with Gasteiger partial charge in [0, 0.05) is 23.2 Å². The van der Waals surface area contributed by atoms with Crippen molar-refractivity contribution in [3.05, 3.63) is 76.6 Å². The Bertz CT molecular complexity index is 1150. The van der Waals surface area contributed by atoms with E-state index in [4.69, 9.17) is 9.72 Å². The number of nitrogens with zero attached hydrogens (tertiary/aromatic N) is 4. The van der Waals surface area contributed by atoms with E-state index in [0.717, 1.165) is 50.9 Å². The maximum absolute atomic E-state index is 6.17. The molecule has 0 aliphatic heterocycles. The van der Waals surface area contributed by atoms with E-state index in [1.165, 1.54) is 5.56 Å². The van der Waals surface area contributed by atoms with Crippen LogP contribution in [0, 0.1) is 13.8 Å². The number of benzene rings is 2. The van der Waals surface area contributed by atoms with E-state index in [1.807, 2.05) is 38.1 Å². The molecule has 31 heavy (non-hydrogen) atoms. The summed E-state index contributed by atoms with van der Waals surface area (Å²) in [5.74, 6) is 2.47. The lowest BCUT2D eigenvalue weighted by Crippen LogP contribution is -2.12. The van der Waals surface area contributed by atoms with Gasteiger partial charge in [0.25, 0.3) is 0 Å². The van der Waals surface area contributed by atoms with Gasteiger partial charge < -0.3 is 9.30 Å². The molecular weight excluding hydrogens is 424 g/mol. The van der Waals surface area contributed by atoms with Crippen LogP contribution in [0.4, 0.5) is 0 Å². The van der Waals surface area contributed by atoms with Crippen LogP contribution in [0.15, 0.2) is 59.1 Å². The Morgan fingerprint density at radius 3 is 2.58 bits per heavy atom. The number of hydrogen-bond donors (Lipinski definition) is 0. The average molecular weight is 451 g/mol. The fourth-order valence-corrected chi connectivity index (χ4v) is 5.11. The number of rotatable bonds is 8. The second-order valence-electron chi connectivity index (χ2n) is 7.41. The lowest BCUT2D eigenvalue weighted by atomic mass is 10.2. The van der Waals surface area contributed by atoms with Crippen LogP contribution >= 0.6 is 23.1 Å². The Labute approximate surface area is 191 Å². The summed E-state index contributed by atoms with van der Waals surface area (Å²) in [6.07, 6.45) is -0.185. The first-order valence-electron chi connectivity index (χ1n) is 10.3. The fourth-order valence-electron chi connectivity index (χ4n) is 3.28. The van der Waals surface area contributed by atoms with Gasteiger partial charge in [-0.15, -0.1) is 21.5 Å². The van der Waals surface area contributed by atoms with E-state index >= 15 is 0 Å². The van der Waals surface area contributed by atoms with Crippen molar-refractivity contribution in [3.63, 3.8) is 0 Å². The third-order valence-corrected chi connectivity index (χ3v) is 6.96. The van der Waals surface area contributed by atoms with Crippen molar-refractivity contribution in [1.29, 1.82) is 0 Å². The second kappa shape index (κ2) is 9.66. The van der Waals surface area contributed by atoms with Crippen molar-refractivity contribution in [1.82, 2.24) is 19.7 Å². The SMILES string of the molecule is CCn1c(SCc2csc(-c3ccc(C)cc3)n2)nnc1C(C)Oc1ccccc1C. The van der Waals surface area contributed by atoms with E-state index in [0.29, 0.717) is 0 Å². The maximum Gasteiger partial charge on any atom is 0.191 e. The van der Waals surface area contributed by atoms with Crippen molar-refractivity contribution in [2.24, 2.45) is 0 Å². The van der Waals surface area contributed by atoms with Crippen molar-refractivity contribution < 1.29 is 4.74 Å². The zero-order valence-electron chi connectivity index (χ0n) is 18.2. The highest BCUT2D eigenvalue weighted by atomic mass is 32.2. The van der Waals surface area contributed by atoms with Gasteiger partial charge in [-0.05, 0) is 39.3 Å². The van der Waals surface area contributed by atoms with Crippen LogP contribution in [-0.4, -0.2) is 19.7 Å². The van der Waals surface area contributed by atoms with Crippen LogP contribution in [0.3, 0.4) is 0 Å². The molecule has 2 aromatic carbocycles. The van der Waals surface area contributed by atoms with Crippen LogP contribution < -0.4 is 4.74 Å². The van der Waals surface area contributed by atoms with Gasteiger partial charge in [0.1, 0.15) is 10.8 Å². The highest BCUT2D eigenvalue weighted by molar-refractivity contribution is 7.98. The Morgan fingerprint density at radius 2 is 1.84 bits per heavy atom. The molecule has 0 fully saturated rings. The van der Waals surface area contributed by atoms with Gasteiger partial charge in [-0.3, -0.25) is 0 Å². The largest absolute Gasteiger partial charge is 0.482 e. The van der Waals surface area contributed by atoms with Crippen LogP contribution in [-0.2, 0) is 12.3 Å². The first kappa shape index (κ1) is 21.6. The highest BCUT2D eigenvalue weighted by Gasteiger charge is 2.19. The zero-order valence-corrected chi connectivity index (χ0v) is 19.8. The monoisotopic (exact) mass is 450 g/mol. The Kier molecular flexibility index (Phi) is 6.73. The quantitative estimate of drug-likeness (QED) is 0.288. The average Bonchev–Trinajstić information content (AvgIpc) is 3.41. The number of aromatic nitrogens is 4. The number of thioether (sulfide) groups is 1. The topological polar surface area (TPSA) is 52.8 Å². The molecule has 4 aromatic rings. The van der Waals surface area contributed by atoms with E-state index < -0.39 is 0 Å². The molecule has 0 N–H and O–H groups in total. The standard InChI is InChI=1S/C24H26N4OS2/c1-5-28-22(18(4)29-21-9-7-6-8-17(21)3)26-27-24(28)31-15-20-14-30-23(25-20)19-12-10-16(2)11-13-19/h6-14,18H,5,15H2,1-4H3. The normalized spacial score (nSPS) is 12.1. The van der Waals surface area contributed by atoms with Crippen LogP contribution in [0.5, 0.6) is 5.75 Å². The first-order chi connectivity index (χ1) is 15.0. The van der Waals surface area contributed by atoms with Crippen LogP contribution in [0.25, 0.3) is 10.6 Å². The summed E-state index contributed by atoms with van der Waals surface area (Å²) in [7, 11) is 0. The van der Waals surface area contributed by atoms with Crippen LogP contribution in [0.1, 0.15) is 42.6 Å². The highest BCUT2D eigenvalue weighted by Crippen LogP contribution is 2.30. The first-order valence-corrected chi connectivity index (χ1v) is 12.2. The van der Waals surface area contributed by atoms with Gasteiger partial charge in [0.2, 0.25) is 0 Å². The molecule has 0 amide bonds. The molecule has 4 rings (SSSR count). The van der Waals surface area contributed by atoms with E-state index in [-0.39, 0.29) is 6.10 Å². The number of ether oxygens (including phenoxy) is 1. The molecule has 1 atom stereocenters. The number of thiazole rings is 1. The summed E-state index contributed by atoms with van der Waals surface area (Å²) in [5, 5.41) is 12.9. The Hall–Kier alpha value is -2.64. The van der Waals surface area contributed by atoms with Gasteiger partial charge >= 0.3 is 0 Å². The van der Waals surface area contributed by atoms with Crippen molar-refractivity contribution in [2.75, 3.05) is 0 Å². The molecule has 2 aromatic heterocycles. The number of aryl methyl sites for hydroxylation is 2. The van der Waals surface area contributed by atoms with E-state index in [1.54, 1.807) is 23.1 Å². The third kappa shape index (κ3) is 4.99. The molecule has 0 aliphatic rings. The summed E-state index contributed by atoms with van der Waals surface area (Å²) in [6, 6.07) is 16.5. The molecule has 7 heteroatoms. The van der Waals surface area contributed by atoms with Crippen molar-refractivity contribution in [2.45, 2.75) is 51.3 Å².